The van der Waals surface area contributed by atoms with Gasteiger partial charge in [-0.25, -0.2) is 0 Å². The third-order valence-corrected chi connectivity index (χ3v) is 3.89. The Kier molecular flexibility index (Phi) is 4.57. The van der Waals surface area contributed by atoms with E-state index in [1.54, 1.807) is 14.2 Å². The maximum Gasteiger partial charge on any atom is 0.165 e. The molecule has 122 valence electrons. The van der Waals surface area contributed by atoms with Crippen LogP contribution in [-0.4, -0.2) is 32.0 Å². The highest BCUT2D eigenvalue weighted by molar-refractivity contribution is 5.33. The van der Waals surface area contributed by atoms with Crippen molar-refractivity contribution >= 4 is 0 Å². The van der Waals surface area contributed by atoms with E-state index in [4.69, 9.17) is 24.1 Å². The molecule has 5 nitrogen and oxygen atoms in total. The van der Waals surface area contributed by atoms with Gasteiger partial charge in [0.25, 0.3) is 0 Å². The van der Waals surface area contributed by atoms with Crippen LogP contribution in [0.1, 0.15) is 5.56 Å². The third kappa shape index (κ3) is 3.35. The van der Waals surface area contributed by atoms with E-state index in [9.17, 15) is 0 Å². The van der Waals surface area contributed by atoms with Crippen LogP contribution in [0, 0.1) is 5.92 Å². The van der Waals surface area contributed by atoms with Gasteiger partial charge in [0.05, 0.1) is 20.8 Å². The summed E-state index contributed by atoms with van der Waals surface area (Å²) >= 11 is 0. The van der Waals surface area contributed by atoms with Crippen LogP contribution in [0.3, 0.4) is 0 Å². The van der Waals surface area contributed by atoms with Crippen molar-refractivity contribution < 1.29 is 24.1 Å². The second-order valence-electron chi connectivity index (χ2n) is 5.36. The van der Waals surface area contributed by atoms with Gasteiger partial charge in [0.15, 0.2) is 6.10 Å². The van der Waals surface area contributed by atoms with E-state index >= 15 is 0 Å². The zero-order valence-electron chi connectivity index (χ0n) is 13.2. The molecule has 5 heteroatoms. The molecule has 3 rings (SSSR count). The Morgan fingerprint density at radius 3 is 2.52 bits per heavy atom. The molecule has 0 saturated carbocycles. The fraction of sp³-hybridized carbons (Fsp3) is 0.333. The van der Waals surface area contributed by atoms with E-state index < -0.39 is 0 Å². The van der Waals surface area contributed by atoms with Gasteiger partial charge in [-0.05, 0) is 29.8 Å². The van der Waals surface area contributed by atoms with Crippen LogP contribution in [0.25, 0.3) is 0 Å². The lowest BCUT2D eigenvalue weighted by Crippen LogP contribution is -2.23. The topological polar surface area (TPSA) is 57.2 Å². The van der Waals surface area contributed by atoms with Crippen molar-refractivity contribution in [3.8, 4) is 5.75 Å². The molecule has 23 heavy (non-hydrogen) atoms. The van der Waals surface area contributed by atoms with Crippen LogP contribution >= 0.6 is 0 Å². The SMILES string of the molecule is COC1=CC2C=C(COc3ccc(CO)cc3)OC2C(OC)=C1. The number of ether oxygens (including phenoxy) is 4. The molecule has 0 radical (unpaired) electrons. The summed E-state index contributed by atoms with van der Waals surface area (Å²) in [6.07, 6.45) is 5.72. The van der Waals surface area contributed by atoms with Gasteiger partial charge in [-0.3, -0.25) is 0 Å². The Balaban J connectivity index is 1.64. The molecule has 0 fully saturated rings. The molecule has 0 aromatic heterocycles. The average Bonchev–Trinajstić information content (AvgIpc) is 3.02. The van der Waals surface area contributed by atoms with Gasteiger partial charge in [0, 0.05) is 12.0 Å². The molecule has 2 aliphatic rings. The summed E-state index contributed by atoms with van der Waals surface area (Å²) in [7, 11) is 3.26. The Morgan fingerprint density at radius 1 is 1.09 bits per heavy atom. The van der Waals surface area contributed by atoms with E-state index in [0.29, 0.717) is 6.61 Å². The molecular formula is C18H20O5. The number of aliphatic hydroxyl groups excluding tert-OH is 1. The molecule has 1 aromatic rings. The molecule has 0 amide bonds. The van der Waals surface area contributed by atoms with E-state index in [2.05, 4.69) is 0 Å². The zero-order valence-corrected chi connectivity index (χ0v) is 13.2. The fourth-order valence-corrected chi connectivity index (χ4v) is 2.66. The third-order valence-electron chi connectivity index (χ3n) is 3.89. The predicted molar refractivity (Wildman–Crippen MR) is 84.5 cm³/mol. The Hall–Kier alpha value is -2.40. The maximum absolute atomic E-state index is 9.04. The summed E-state index contributed by atoms with van der Waals surface area (Å²) in [5.74, 6) is 3.10. The minimum Gasteiger partial charge on any atom is -0.497 e. The molecule has 2 atom stereocenters. The second-order valence-corrected chi connectivity index (χ2v) is 5.36. The molecule has 1 aliphatic heterocycles. The zero-order chi connectivity index (χ0) is 16.2. The largest absolute Gasteiger partial charge is 0.497 e. The first-order chi connectivity index (χ1) is 11.2. The Morgan fingerprint density at radius 2 is 1.87 bits per heavy atom. The molecule has 0 spiro atoms. The van der Waals surface area contributed by atoms with Gasteiger partial charge in [0.2, 0.25) is 0 Å². The van der Waals surface area contributed by atoms with Crippen LogP contribution in [0.15, 0.2) is 59.8 Å². The lowest BCUT2D eigenvalue weighted by molar-refractivity contribution is 0.0764. The van der Waals surface area contributed by atoms with Crippen molar-refractivity contribution in [2.45, 2.75) is 12.7 Å². The summed E-state index contributed by atoms with van der Waals surface area (Å²) in [4.78, 5) is 0. The summed E-state index contributed by atoms with van der Waals surface area (Å²) in [6, 6.07) is 7.33. The predicted octanol–water partition coefficient (Wildman–Crippen LogP) is 2.53. The van der Waals surface area contributed by atoms with Crippen molar-refractivity contribution in [3.05, 3.63) is 65.3 Å². The van der Waals surface area contributed by atoms with Gasteiger partial charge in [-0.2, -0.15) is 0 Å². The quantitative estimate of drug-likeness (QED) is 0.874. The van der Waals surface area contributed by atoms with E-state index in [-0.39, 0.29) is 18.6 Å². The van der Waals surface area contributed by atoms with Gasteiger partial charge >= 0.3 is 0 Å². The highest BCUT2D eigenvalue weighted by Crippen LogP contribution is 2.35. The monoisotopic (exact) mass is 316 g/mol. The molecule has 2 unspecified atom stereocenters. The standard InChI is InChI=1S/C18H20O5/c1-20-15-7-13-8-16(23-18(13)17(9-15)21-2)11-22-14-5-3-12(10-19)4-6-14/h3-9,13,18-19H,10-11H2,1-2H3. The number of allylic oxidation sites excluding steroid dienone is 1. The van der Waals surface area contributed by atoms with Crippen molar-refractivity contribution in [2.75, 3.05) is 20.8 Å². The minimum atomic E-state index is -0.158. The second kappa shape index (κ2) is 6.79. The van der Waals surface area contributed by atoms with Gasteiger partial charge < -0.3 is 24.1 Å². The van der Waals surface area contributed by atoms with Crippen molar-refractivity contribution in [1.29, 1.82) is 0 Å². The molecule has 1 N–H and O–H groups in total. The van der Waals surface area contributed by atoms with Crippen molar-refractivity contribution in [2.24, 2.45) is 5.92 Å². The first kappa shape index (κ1) is 15.5. The van der Waals surface area contributed by atoms with Gasteiger partial charge in [-0.15, -0.1) is 0 Å². The first-order valence-electron chi connectivity index (χ1n) is 7.45. The van der Waals surface area contributed by atoms with Gasteiger partial charge in [-0.1, -0.05) is 12.1 Å². The van der Waals surface area contributed by atoms with Crippen LogP contribution in [0.5, 0.6) is 5.75 Å². The normalized spacial score (nSPS) is 22.3. The maximum atomic E-state index is 9.04. The summed E-state index contributed by atoms with van der Waals surface area (Å²) in [6.45, 7) is 0.372. The van der Waals surface area contributed by atoms with Crippen LogP contribution in [0.2, 0.25) is 0 Å². The Bertz CT molecular complexity index is 642. The number of rotatable bonds is 6. The summed E-state index contributed by atoms with van der Waals surface area (Å²) < 4.78 is 22.3. The molecule has 1 heterocycles. The molecule has 1 aromatic carbocycles. The number of hydrogen-bond donors (Lipinski definition) is 1. The van der Waals surface area contributed by atoms with Gasteiger partial charge in [0.1, 0.15) is 29.6 Å². The average molecular weight is 316 g/mol. The number of methoxy groups -OCH3 is 2. The molecule has 0 saturated heterocycles. The smallest absolute Gasteiger partial charge is 0.165 e. The lowest BCUT2D eigenvalue weighted by Gasteiger charge is -2.23. The van der Waals surface area contributed by atoms with Crippen LogP contribution in [0.4, 0.5) is 0 Å². The minimum absolute atomic E-state index is 0.0260. The molecular weight excluding hydrogens is 296 g/mol. The van der Waals surface area contributed by atoms with Crippen LogP contribution < -0.4 is 4.74 Å². The van der Waals surface area contributed by atoms with Crippen molar-refractivity contribution in [3.63, 3.8) is 0 Å². The number of aliphatic hydroxyl groups is 1. The fourth-order valence-electron chi connectivity index (χ4n) is 2.66. The number of hydrogen-bond acceptors (Lipinski definition) is 5. The van der Waals surface area contributed by atoms with Crippen molar-refractivity contribution in [1.82, 2.24) is 0 Å². The highest BCUT2D eigenvalue weighted by Gasteiger charge is 2.35. The van der Waals surface area contributed by atoms with E-state index in [0.717, 1.165) is 28.6 Å². The van der Waals surface area contributed by atoms with Crippen LogP contribution in [-0.2, 0) is 20.8 Å². The summed E-state index contributed by atoms with van der Waals surface area (Å²) in [5.41, 5.74) is 0.854. The lowest BCUT2D eigenvalue weighted by atomic mass is 9.96. The Labute approximate surface area is 135 Å². The van der Waals surface area contributed by atoms with E-state index in [1.165, 1.54) is 0 Å². The van der Waals surface area contributed by atoms with E-state index in [1.807, 2.05) is 42.5 Å². The molecule has 1 aliphatic carbocycles. The first-order valence-corrected chi connectivity index (χ1v) is 7.45. The highest BCUT2D eigenvalue weighted by atomic mass is 16.6. The summed E-state index contributed by atoms with van der Waals surface area (Å²) in [5, 5.41) is 9.04. The number of fused-ring (bicyclic) bond motifs is 1. The molecule has 0 bridgehead atoms. The number of benzene rings is 1.